The first kappa shape index (κ1) is 21.8. The lowest BCUT2D eigenvalue weighted by Gasteiger charge is -2.36. The molecule has 1 saturated carbocycles. The van der Waals surface area contributed by atoms with Crippen molar-refractivity contribution in [3.05, 3.63) is 29.3 Å². The quantitative estimate of drug-likeness (QED) is 0.730. The lowest BCUT2D eigenvalue weighted by Crippen LogP contribution is -3.19. The van der Waals surface area contributed by atoms with Gasteiger partial charge in [0.2, 0.25) is 10.0 Å². The smallest absolute Gasteiger partial charge is 0.278 e. The molecule has 3 atom stereocenters. The van der Waals surface area contributed by atoms with Gasteiger partial charge in [-0.05, 0) is 68.2 Å². The van der Waals surface area contributed by atoms with E-state index < -0.39 is 10.0 Å². The summed E-state index contributed by atoms with van der Waals surface area (Å²) in [6.07, 6.45) is 7.85. The summed E-state index contributed by atoms with van der Waals surface area (Å²) in [6, 6.07) is 5.76. The number of carbonyl (C=O) groups is 1. The standard InChI is InChI=1S/C23H35N3O3S/c1-17-6-3-4-9-22(17)24-23(27)18(2)25-12-14-26(15-13-25)30(28,29)21-11-10-19-7-5-8-20(19)16-21/h10-11,16-18,22H,3-9,12-15H2,1-2H3,(H,24,27)/p+1/t17-,18-,22-/m1/s1. The van der Waals surface area contributed by atoms with Crippen molar-refractivity contribution < 1.29 is 18.1 Å². The van der Waals surface area contributed by atoms with E-state index in [0.29, 0.717) is 37.0 Å². The molecule has 1 aromatic rings. The SMILES string of the molecule is C[C@@H]1CCCC[C@H]1NC(=O)[C@@H](C)[NH+]1CCN(S(=O)(=O)c2ccc3c(c2)CCC3)CC1. The van der Waals surface area contributed by atoms with Crippen molar-refractivity contribution in [3.63, 3.8) is 0 Å². The fraction of sp³-hybridized carbons (Fsp3) is 0.696. The Kier molecular flexibility index (Phi) is 6.51. The van der Waals surface area contributed by atoms with Gasteiger partial charge in [0.05, 0.1) is 31.1 Å². The van der Waals surface area contributed by atoms with E-state index in [1.165, 1.54) is 35.3 Å². The van der Waals surface area contributed by atoms with Gasteiger partial charge in [0.1, 0.15) is 0 Å². The van der Waals surface area contributed by atoms with Gasteiger partial charge in [-0.25, -0.2) is 8.42 Å². The molecule has 1 heterocycles. The number of hydrogen-bond donors (Lipinski definition) is 2. The number of piperazine rings is 1. The zero-order chi connectivity index (χ0) is 21.3. The van der Waals surface area contributed by atoms with Crippen molar-refractivity contribution >= 4 is 15.9 Å². The summed E-state index contributed by atoms with van der Waals surface area (Å²) in [5.41, 5.74) is 2.47. The number of aryl methyl sites for hydroxylation is 2. The molecule has 30 heavy (non-hydrogen) atoms. The maximum atomic E-state index is 13.1. The number of quaternary nitrogens is 1. The van der Waals surface area contributed by atoms with Crippen LogP contribution in [0.15, 0.2) is 23.1 Å². The number of rotatable bonds is 5. The second-order valence-electron chi connectivity index (χ2n) is 9.44. The molecule has 0 unspecified atom stereocenters. The largest absolute Gasteiger partial charge is 0.348 e. The van der Waals surface area contributed by atoms with Crippen LogP contribution in [0.1, 0.15) is 57.1 Å². The van der Waals surface area contributed by atoms with Crippen molar-refractivity contribution in [2.75, 3.05) is 26.2 Å². The number of carbonyl (C=O) groups excluding carboxylic acids is 1. The lowest BCUT2D eigenvalue weighted by atomic mass is 9.86. The second-order valence-corrected chi connectivity index (χ2v) is 11.4. The van der Waals surface area contributed by atoms with Crippen molar-refractivity contribution in [1.29, 1.82) is 0 Å². The summed E-state index contributed by atoms with van der Waals surface area (Å²) in [5, 5.41) is 3.27. The van der Waals surface area contributed by atoms with Crippen LogP contribution in [-0.2, 0) is 27.7 Å². The van der Waals surface area contributed by atoms with Crippen LogP contribution in [0.4, 0.5) is 0 Å². The van der Waals surface area contributed by atoms with Gasteiger partial charge < -0.3 is 10.2 Å². The Morgan fingerprint density at radius 2 is 1.80 bits per heavy atom. The average molecular weight is 435 g/mol. The molecule has 1 aliphatic heterocycles. The lowest BCUT2D eigenvalue weighted by molar-refractivity contribution is -0.917. The molecule has 0 radical (unpaired) electrons. The highest BCUT2D eigenvalue weighted by atomic mass is 32.2. The van der Waals surface area contributed by atoms with Gasteiger partial charge in [-0.15, -0.1) is 0 Å². The first-order chi connectivity index (χ1) is 14.4. The molecule has 6 nitrogen and oxygen atoms in total. The van der Waals surface area contributed by atoms with E-state index in [0.717, 1.165) is 25.7 Å². The van der Waals surface area contributed by atoms with E-state index in [1.54, 1.807) is 10.4 Å². The number of benzene rings is 1. The molecule has 1 amide bonds. The van der Waals surface area contributed by atoms with E-state index in [1.807, 2.05) is 19.1 Å². The van der Waals surface area contributed by atoms with Crippen molar-refractivity contribution in [2.45, 2.75) is 75.8 Å². The van der Waals surface area contributed by atoms with Crippen LogP contribution < -0.4 is 10.2 Å². The molecule has 0 bridgehead atoms. The number of sulfonamides is 1. The zero-order valence-corrected chi connectivity index (χ0v) is 19.1. The molecular formula is C23H36N3O3S+. The highest BCUT2D eigenvalue weighted by molar-refractivity contribution is 7.89. The van der Waals surface area contributed by atoms with E-state index in [9.17, 15) is 13.2 Å². The molecular weight excluding hydrogens is 398 g/mol. The number of hydrogen-bond acceptors (Lipinski definition) is 3. The number of nitrogens with one attached hydrogen (secondary N) is 2. The first-order valence-electron chi connectivity index (χ1n) is 11.6. The maximum absolute atomic E-state index is 13.1. The average Bonchev–Trinajstić information content (AvgIpc) is 3.23. The van der Waals surface area contributed by atoms with Gasteiger partial charge >= 0.3 is 0 Å². The Bertz CT molecular complexity index is 878. The topological polar surface area (TPSA) is 70.9 Å². The third-order valence-electron chi connectivity index (χ3n) is 7.52. The van der Waals surface area contributed by atoms with Crippen LogP contribution in [0.25, 0.3) is 0 Å². The van der Waals surface area contributed by atoms with Crippen molar-refractivity contribution in [2.24, 2.45) is 5.92 Å². The molecule has 166 valence electrons. The molecule has 1 saturated heterocycles. The van der Waals surface area contributed by atoms with Gasteiger partial charge in [-0.2, -0.15) is 4.31 Å². The van der Waals surface area contributed by atoms with E-state index in [2.05, 4.69) is 12.2 Å². The van der Waals surface area contributed by atoms with Crippen molar-refractivity contribution in [3.8, 4) is 0 Å². The minimum atomic E-state index is -3.46. The zero-order valence-electron chi connectivity index (χ0n) is 18.3. The molecule has 2 fully saturated rings. The van der Waals surface area contributed by atoms with Crippen LogP contribution in [0.5, 0.6) is 0 Å². The Labute approximate surface area is 181 Å². The Morgan fingerprint density at radius 3 is 2.53 bits per heavy atom. The van der Waals surface area contributed by atoms with Crippen LogP contribution in [-0.4, -0.2) is 56.9 Å². The number of amides is 1. The highest BCUT2D eigenvalue weighted by Gasteiger charge is 2.36. The minimum Gasteiger partial charge on any atom is -0.348 e. The first-order valence-corrected chi connectivity index (χ1v) is 13.1. The Hall–Kier alpha value is -1.44. The summed E-state index contributed by atoms with van der Waals surface area (Å²) in [4.78, 5) is 14.4. The monoisotopic (exact) mass is 434 g/mol. The van der Waals surface area contributed by atoms with Gasteiger partial charge in [-0.1, -0.05) is 25.8 Å². The molecule has 7 heteroatoms. The Morgan fingerprint density at radius 1 is 1.10 bits per heavy atom. The third kappa shape index (κ3) is 4.43. The fourth-order valence-corrected chi connectivity index (χ4v) is 6.82. The minimum absolute atomic E-state index is 0.110. The number of fused-ring (bicyclic) bond motifs is 1. The predicted octanol–water partition coefficient (Wildman–Crippen LogP) is 1.15. The molecule has 4 rings (SSSR count). The van der Waals surface area contributed by atoms with Crippen LogP contribution in [0, 0.1) is 5.92 Å². The van der Waals surface area contributed by atoms with E-state index in [-0.39, 0.29) is 18.0 Å². The normalized spacial score (nSPS) is 26.9. The Balaban J connectivity index is 1.34. The van der Waals surface area contributed by atoms with Crippen molar-refractivity contribution in [1.82, 2.24) is 9.62 Å². The highest BCUT2D eigenvalue weighted by Crippen LogP contribution is 2.26. The van der Waals surface area contributed by atoms with E-state index in [4.69, 9.17) is 0 Å². The third-order valence-corrected chi connectivity index (χ3v) is 9.41. The van der Waals surface area contributed by atoms with Crippen LogP contribution in [0.3, 0.4) is 0 Å². The van der Waals surface area contributed by atoms with Crippen LogP contribution >= 0.6 is 0 Å². The summed E-state index contributed by atoms with van der Waals surface area (Å²) < 4.78 is 27.9. The summed E-state index contributed by atoms with van der Waals surface area (Å²) in [6.45, 7) is 6.46. The van der Waals surface area contributed by atoms with Gasteiger partial charge in [0.25, 0.3) is 5.91 Å². The fourth-order valence-electron chi connectivity index (χ4n) is 5.33. The number of nitrogens with zero attached hydrogens (tertiary/aromatic N) is 1. The molecule has 3 aliphatic rings. The molecule has 1 aromatic carbocycles. The van der Waals surface area contributed by atoms with Gasteiger partial charge in [0.15, 0.2) is 6.04 Å². The molecule has 2 aliphatic carbocycles. The molecule has 0 aromatic heterocycles. The van der Waals surface area contributed by atoms with Crippen LogP contribution in [0.2, 0.25) is 0 Å². The summed E-state index contributed by atoms with van der Waals surface area (Å²) >= 11 is 0. The molecule has 2 N–H and O–H groups in total. The van der Waals surface area contributed by atoms with Gasteiger partial charge in [0, 0.05) is 6.04 Å². The van der Waals surface area contributed by atoms with E-state index >= 15 is 0 Å². The predicted molar refractivity (Wildman–Crippen MR) is 117 cm³/mol. The maximum Gasteiger partial charge on any atom is 0.278 e. The summed E-state index contributed by atoms with van der Waals surface area (Å²) in [5.74, 6) is 0.651. The summed E-state index contributed by atoms with van der Waals surface area (Å²) in [7, 11) is -3.46. The van der Waals surface area contributed by atoms with Gasteiger partial charge in [-0.3, -0.25) is 4.79 Å². The molecule has 0 spiro atoms. The second kappa shape index (κ2) is 8.97.